The molecule has 0 spiro atoms. The molecule has 2 atom stereocenters. The van der Waals surface area contributed by atoms with Gasteiger partial charge in [-0.2, -0.15) is 0 Å². The summed E-state index contributed by atoms with van der Waals surface area (Å²) in [5.41, 5.74) is 0. The van der Waals surface area contributed by atoms with Crippen LogP contribution in [-0.2, 0) is 14.3 Å². The number of ether oxygens (including phenoxy) is 2. The Bertz CT molecular complexity index is 293. The molecular formula is C20H41NO3. The average Bonchev–Trinajstić information content (AvgIpc) is 2.54. The van der Waals surface area contributed by atoms with Gasteiger partial charge < -0.3 is 9.47 Å². The van der Waals surface area contributed by atoms with Crippen molar-refractivity contribution in [3.8, 4) is 0 Å². The van der Waals surface area contributed by atoms with Gasteiger partial charge in [-0.25, -0.2) is 0 Å². The van der Waals surface area contributed by atoms with E-state index in [1.54, 1.807) is 6.92 Å². The van der Waals surface area contributed by atoms with Gasteiger partial charge in [-0.1, -0.05) is 72.1 Å². The molecule has 0 aromatic rings. The van der Waals surface area contributed by atoms with Crippen LogP contribution in [0.4, 0.5) is 0 Å². The van der Waals surface area contributed by atoms with Crippen LogP contribution in [0.2, 0.25) is 0 Å². The van der Waals surface area contributed by atoms with Crippen LogP contribution < -0.4 is 0 Å². The molecule has 0 saturated heterocycles. The Kier molecular flexibility index (Phi) is 15.5. The maximum atomic E-state index is 11.8. The van der Waals surface area contributed by atoms with Gasteiger partial charge in [-0.3, -0.25) is 9.69 Å². The van der Waals surface area contributed by atoms with E-state index in [4.69, 9.17) is 9.47 Å². The lowest BCUT2D eigenvalue weighted by Gasteiger charge is -2.28. The van der Waals surface area contributed by atoms with Crippen molar-refractivity contribution in [1.82, 2.24) is 4.90 Å². The number of hydrogen-bond acceptors (Lipinski definition) is 4. The fraction of sp³-hybridized carbons (Fsp3) is 0.950. The van der Waals surface area contributed by atoms with Crippen molar-refractivity contribution in [1.29, 1.82) is 0 Å². The molecule has 2 unspecified atom stereocenters. The third kappa shape index (κ3) is 12.8. The van der Waals surface area contributed by atoms with Gasteiger partial charge >= 0.3 is 5.97 Å². The minimum Gasteiger partial charge on any atom is -0.436 e. The van der Waals surface area contributed by atoms with Gasteiger partial charge in [0.2, 0.25) is 6.29 Å². The van der Waals surface area contributed by atoms with Crippen molar-refractivity contribution in [3.05, 3.63) is 0 Å². The molecule has 0 N–H and O–H groups in total. The lowest BCUT2D eigenvalue weighted by Crippen LogP contribution is -2.37. The number of carbonyl (C=O) groups is 1. The third-order valence-electron chi connectivity index (χ3n) is 4.50. The number of rotatable bonds is 16. The van der Waals surface area contributed by atoms with E-state index >= 15 is 0 Å². The van der Waals surface area contributed by atoms with Gasteiger partial charge in [0.15, 0.2) is 0 Å². The zero-order valence-corrected chi connectivity index (χ0v) is 16.8. The van der Waals surface area contributed by atoms with Crippen molar-refractivity contribution in [2.75, 3.05) is 13.1 Å². The first-order valence-electron chi connectivity index (χ1n) is 10.1. The molecule has 4 heteroatoms. The molecule has 144 valence electrons. The second-order valence-corrected chi connectivity index (χ2v) is 6.59. The summed E-state index contributed by atoms with van der Waals surface area (Å²) in [7, 11) is 0. The number of nitrogens with zero attached hydrogens (tertiary/aromatic N) is 1. The zero-order chi connectivity index (χ0) is 18.2. The Balaban J connectivity index is 3.61. The van der Waals surface area contributed by atoms with Crippen molar-refractivity contribution in [2.24, 2.45) is 0 Å². The van der Waals surface area contributed by atoms with Crippen molar-refractivity contribution in [3.63, 3.8) is 0 Å². The van der Waals surface area contributed by atoms with E-state index in [0.29, 0.717) is 6.42 Å². The van der Waals surface area contributed by atoms with Crippen molar-refractivity contribution < 1.29 is 14.3 Å². The Morgan fingerprint density at radius 3 is 1.83 bits per heavy atom. The van der Waals surface area contributed by atoms with Crippen LogP contribution in [0.25, 0.3) is 0 Å². The predicted octanol–water partition coefficient (Wildman–Crippen LogP) is 5.50. The van der Waals surface area contributed by atoms with Gasteiger partial charge in [0.05, 0.1) is 0 Å². The van der Waals surface area contributed by atoms with Crippen LogP contribution in [0.5, 0.6) is 0 Å². The molecule has 0 rings (SSSR count). The SMILES string of the molecule is CCCCCCCCCCCC(=O)OC(C)OC(C)N(CC)CC. The first kappa shape index (κ1) is 23.4. The molecule has 0 amide bonds. The molecule has 24 heavy (non-hydrogen) atoms. The molecule has 0 aliphatic rings. The quantitative estimate of drug-likeness (QED) is 0.211. The van der Waals surface area contributed by atoms with Gasteiger partial charge in [0, 0.05) is 6.42 Å². The Hall–Kier alpha value is -0.610. The second-order valence-electron chi connectivity index (χ2n) is 6.59. The van der Waals surface area contributed by atoms with Gasteiger partial charge in [0.1, 0.15) is 6.23 Å². The van der Waals surface area contributed by atoms with E-state index in [1.165, 1.54) is 44.9 Å². The summed E-state index contributed by atoms with van der Waals surface area (Å²) in [4.78, 5) is 14.0. The first-order chi connectivity index (χ1) is 11.5. The van der Waals surface area contributed by atoms with Crippen molar-refractivity contribution in [2.45, 2.75) is 111 Å². The van der Waals surface area contributed by atoms with Crippen LogP contribution in [0.15, 0.2) is 0 Å². The van der Waals surface area contributed by atoms with Crippen LogP contribution in [-0.4, -0.2) is 36.5 Å². The maximum absolute atomic E-state index is 11.8. The van der Waals surface area contributed by atoms with E-state index in [0.717, 1.165) is 25.9 Å². The first-order valence-corrected chi connectivity index (χ1v) is 10.1. The highest BCUT2D eigenvalue weighted by Crippen LogP contribution is 2.12. The van der Waals surface area contributed by atoms with E-state index in [1.807, 2.05) is 6.92 Å². The Morgan fingerprint density at radius 2 is 1.33 bits per heavy atom. The number of unbranched alkanes of at least 4 members (excludes halogenated alkanes) is 8. The van der Waals surface area contributed by atoms with Crippen LogP contribution >= 0.6 is 0 Å². The minimum atomic E-state index is -0.480. The normalized spacial score (nSPS) is 13.9. The maximum Gasteiger partial charge on any atom is 0.308 e. The molecule has 0 aliphatic heterocycles. The highest BCUT2D eigenvalue weighted by molar-refractivity contribution is 5.69. The Morgan fingerprint density at radius 1 is 0.833 bits per heavy atom. The highest BCUT2D eigenvalue weighted by atomic mass is 16.7. The summed E-state index contributed by atoms with van der Waals surface area (Å²) in [5, 5.41) is 0. The second kappa shape index (κ2) is 15.9. The lowest BCUT2D eigenvalue weighted by atomic mass is 10.1. The minimum absolute atomic E-state index is 0.0319. The summed E-state index contributed by atoms with van der Waals surface area (Å²) in [6.45, 7) is 12.1. The summed E-state index contributed by atoms with van der Waals surface area (Å²) in [6.07, 6.45) is 11.3. The monoisotopic (exact) mass is 343 g/mol. The van der Waals surface area contributed by atoms with Gasteiger partial charge in [0.25, 0.3) is 0 Å². The Labute approximate surface area is 150 Å². The topological polar surface area (TPSA) is 38.8 Å². The van der Waals surface area contributed by atoms with Crippen LogP contribution in [0.1, 0.15) is 98.8 Å². The zero-order valence-electron chi connectivity index (χ0n) is 16.8. The fourth-order valence-electron chi connectivity index (χ4n) is 2.95. The summed E-state index contributed by atoms with van der Waals surface area (Å²) in [5.74, 6) is -0.141. The van der Waals surface area contributed by atoms with E-state index in [2.05, 4.69) is 25.7 Å². The molecule has 0 aromatic carbocycles. The number of hydrogen-bond donors (Lipinski definition) is 0. The van der Waals surface area contributed by atoms with Crippen LogP contribution in [0.3, 0.4) is 0 Å². The lowest BCUT2D eigenvalue weighted by molar-refractivity contribution is -0.200. The molecule has 0 saturated carbocycles. The largest absolute Gasteiger partial charge is 0.436 e. The number of esters is 1. The highest BCUT2D eigenvalue weighted by Gasteiger charge is 2.16. The molecule has 0 aromatic heterocycles. The molecule has 0 radical (unpaired) electrons. The molecule has 0 fully saturated rings. The third-order valence-corrected chi connectivity index (χ3v) is 4.50. The molecule has 0 heterocycles. The summed E-state index contributed by atoms with van der Waals surface area (Å²) < 4.78 is 11.1. The molecular weight excluding hydrogens is 302 g/mol. The predicted molar refractivity (Wildman–Crippen MR) is 101 cm³/mol. The van der Waals surface area contributed by atoms with E-state index in [9.17, 15) is 4.79 Å². The fourth-order valence-corrected chi connectivity index (χ4v) is 2.95. The number of carbonyl (C=O) groups excluding carboxylic acids is 1. The van der Waals surface area contributed by atoms with Gasteiger partial charge in [-0.05, 0) is 33.4 Å². The van der Waals surface area contributed by atoms with E-state index < -0.39 is 6.29 Å². The standard InChI is InChI=1S/C20H41NO3/c1-6-9-10-11-12-13-14-15-16-17-20(22)24-19(5)23-18(4)21(7-2)8-3/h18-19H,6-17H2,1-5H3. The average molecular weight is 344 g/mol. The van der Waals surface area contributed by atoms with Crippen molar-refractivity contribution >= 4 is 5.97 Å². The van der Waals surface area contributed by atoms with E-state index in [-0.39, 0.29) is 12.2 Å². The summed E-state index contributed by atoms with van der Waals surface area (Å²) in [6, 6.07) is 0. The smallest absolute Gasteiger partial charge is 0.308 e. The molecule has 0 aliphatic carbocycles. The van der Waals surface area contributed by atoms with Gasteiger partial charge in [-0.15, -0.1) is 0 Å². The molecule has 0 bridgehead atoms. The summed E-state index contributed by atoms with van der Waals surface area (Å²) >= 11 is 0. The van der Waals surface area contributed by atoms with Crippen LogP contribution in [0, 0.1) is 0 Å². The molecule has 4 nitrogen and oxygen atoms in total.